The van der Waals surface area contributed by atoms with Gasteiger partial charge in [-0.1, -0.05) is 53.6 Å². The molecular formula is C28H29ClF3N3O4S. The van der Waals surface area contributed by atoms with E-state index in [0.717, 1.165) is 23.3 Å². The number of alkyl halides is 3. The summed E-state index contributed by atoms with van der Waals surface area (Å²) in [6, 6.07) is 14.4. The van der Waals surface area contributed by atoms with Crippen molar-refractivity contribution < 1.29 is 31.2 Å². The van der Waals surface area contributed by atoms with Crippen LogP contribution in [0.1, 0.15) is 29.2 Å². The molecule has 0 saturated carbocycles. The number of carbonyl (C=O) groups is 2. The van der Waals surface area contributed by atoms with Gasteiger partial charge < -0.3 is 10.2 Å². The molecule has 0 aromatic heterocycles. The first-order valence-electron chi connectivity index (χ1n) is 12.2. The van der Waals surface area contributed by atoms with Crippen LogP contribution >= 0.6 is 11.6 Å². The molecule has 12 heteroatoms. The number of rotatable bonds is 9. The highest BCUT2D eigenvalue weighted by Gasteiger charge is 2.37. The minimum atomic E-state index is -4.87. The van der Waals surface area contributed by atoms with Crippen LogP contribution in [-0.2, 0) is 32.3 Å². The third kappa shape index (κ3) is 6.95. The van der Waals surface area contributed by atoms with E-state index in [2.05, 4.69) is 5.32 Å². The van der Waals surface area contributed by atoms with Crippen molar-refractivity contribution in [2.75, 3.05) is 17.9 Å². The number of nitrogens with one attached hydrogen (secondary N) is 1. The molecular weight excluding hydrogens is 567 g/mol. The second-order valence-electron chi connectivity index (χ2n) is 9.22. The minimum Gasteiger partial charge on any atom is -0.357 e. The largest absolute Gasteiger partial charge is 0.417 e. The van der Waals surface area contributed by atoms with Gasteiger partial charge in [-0.2, -0.15) is 13.2 Å². The molecule has 0 spiro atoms. The van der Waals surface area contributed by atoms with Gasteiger partial charge in [-0.15, -0.1) is 0 Å². The molecule has 1 N–H and O–H groups in total. The number of benzene rings is 3. The smallest absolute Gasteiger partial charge is 0.357 e. The van der Waals surface area contributed by atoms with Crippen LogP contribution in [0, 0.1) is 13.8 Å². The Morgan fingerprint density at radius 3 is 2.20 bits per heavy atom. The van der Waals surface area contributed by atoms with Gasteiger partial charge in [0.25, 0.3) is 10.0 Å². The Kier molecular flexibility index (Phi) is 9.52. The normalized spacial score (nSPS) is 12.5. The monoisotopic (exact) mass is 595 g/mol. The summed E-state index contributed by atoms with van der Waals surface area (Å²) >= 11 is 5.78. The Morgan fingerprint density at radius 1 is 1.00 bits per heavy atom. The Balaban J connectivity index is 2.14. The van der Waals surface area contributed by atoms with E-state index < -0.39 is 56.9 Å². The van der Waals surface area contributed by atoms with Crippen molar-refractivity contribution in [3.05, 3.63) is 94.0 Å². The van der Waals surface area contributed by atoms with Gasteiger partial charge in [-0.3, -0.25) is 13.9 Å². The second kappa shape index (κ2) is 12.3. The van der Waals surface area contributed by atoms with Gasteiger partial charge >= 0.3 is 6.18 Å². The highest BCUT2D eigenvalue weighted by Crippen LogP contribution is 2.38. The van der Waals surface area contributed by atoms with Gasteiger partial charge in [0.15, 0.2) is 0 Å². The molecule has 40 heavy (non-hydrogen) atoms. The maximum atomic E-state index is 13.8. The molecule has 0 aliphatic rings. The molecule has 3 aromatic rings. The number of halogens is 4. The summed E-state index contributed by atoms with van der Waals surface area (Å²) in [6.07, 6.45) is -4.87. The highest BCUT2D eigenvalue weighted by atomic mass is 35.5. The van der Waals surface area contributed by atoms with Gasteiger partial charge in [0, 0.05) is 13.6 Å². The number of carbonyl (C=O) groups excluding carboxylic acids is 2. The first kappa shape index (κ1) is 31.0. The van der Waals surface area contributed by atoms with Crippen molar-refractivity contribution in [2.45, 2.75) is 44.4 Å². The van der Waals surface area contributed by atoms with E-state index in [1.54, 1.807) is 19.1 Å². The van der Waals surface area contributed by atoms with E-state index in [0.29, 0.717) is 15.9 Å². The van der Waals surface area contributed by atoms with E-state index >= 15 is 0 Å². The Morgan fingerprint density at radius 2 is 1.62 bits per heavy atom. The predicted octanol–water partition coefficient (Wildman–Crippen LogP) is 5.33. The predicted molar refractivity (Wildman–Crippen MR) is 147 cm³/mol. The molecule has 7 nitrogen and oxygen atoms in total. The van der Waals surface area contributed by atoms with Crippen molar-refractivity contribution >= 4 is 39.1 Å². The maximum absolute atomic E-state index is 13.8. The summed E-state index contributed by atoms with van der Waals surface area (Å²) in [5.41, 5.74) is 0.649. The molecule has 0 bridgehead atoms. The van der Waals surface area contributed by atoms with Gasteiger partial charge in [-0.05, 0) is 62.2 Å². The summed E-state index contributed by atoms with van der Waals surface area (Å²) in [5.74, 6) is -1.29. The van der Waals surface area contributed by atoms with Crippen LogP contribution in [0.25, 0.3) is 0 Å². The lowest BCUT2D eigenvalue weighted by atomic mass is 10.1. The molecule has 0 aliphatic carbocycles. The number of amides is 2. The Hall–Kier alpha value is -3.57. The van der Waals surface area contributed by atoms with Gasteiger partial charge in [0.2, 0.25) is 11.8 Å². The van der Waals surface area contributed by atoms with Crippen LogP contribution < -0.4 is 9.62 Å². The number of nitrogens with zero attached hydrogens (tertiary/aromatic N) is 2. The van der Waals surface area contributed by atoms with Gasteiger partial charge in [0.1, 0.15) is 12.6 Å². The second-order valence-corrected chi connectivity index (χ2v) is 11.5. The molecule has 0 aliphatic heterocycles. The third-order valence-electron chi connectivity index (χ3n) is 6.45. The lowest BCUT2D eigenvalue weighted by Gasteiger charge is -2.32. The van der Waals surface area contributed by atoms with Crippen molar-refractivity contribution in [3.63, 3.8) is 0 Å². The average Bonchev–Trinajstić information content (AvgIpc) is 2.90. The molecule has 0 radical (unpaired) electrons. The fraction of sp³-hybridized carbons (Fsp3) is 0.286. The summed E-state index contributed by atoms with van der Waals surface area (Å²) in [6.45, 7) is 4.15. The van der Waals surface area contributed by atoms with Gasteiger partial charge in [0.05, 0.1) is 21.2 Å². The number of sulfonamides is 1. The van der Waals surface area contributed by atoms with Crippen LogP contribution in [0.15, 0.2) is 71.6 Å². The van der Waals surface area contributed by atoms with Crippen LogP contribution in [0.2, 0.25) is 5.02 Å². The van der Waals surface area contributed by atoms with Crippen molar-refractivity contribution in [3.8, 4) is 0 Å². The third-order valence-corrected chi connectivity index (χ3v) is 8.56. The maximum Gasteiger partial charge on any atom is 0.417 e. The Bertz CT molecular complexity index is 1500. The number of likely N-dealkylation sites (N-methyl/N-ethyl adjacent to an activating group) is 1. The number of aryl methyl sites for hydroxylation is 2. The highest BCUT2D eigenvalue weighted by molar-refractivity contribution is 7.92. The molecule has 2 amide bonds. The molecule has 3 aromatic carbocycles. The Labute approximate surface area is 236 Å². The lowest BCUT2D eigenvalue weighted by molar-refractivity contribution is -0.139. The van der Waals surface area contributed by atoms with Crippen molar-refractivity contribution in [1.82, 2.24) is 10.2 Å². The van der Waals surface area contributed by atoms with E-state index in [1.807, 2.05) is 19.1 Å². The van der Waals surface area contributed by atoms with Crippen LogP contribution in [0.4, 0.5) is 18.9 Å². The molecule has 214 valence electrons. The van der Waals surface area contributed by atoms with Crippen molar-refractivity contribution in [2.24, 2.45) is 0 Å². The number of anilines is 1. The van der Waals surface area contributed by atoms with Crippen LogP contribution in [-0.4, -0.2) is 44.8 Å². The molecule has 0 unspecified atom stereocenters. The van der Waals surface area contributed by atoms with Gasteiger partial charge in [-0.25, -0.2) is 8.42 Å². The number of hydrogen-bond donors (Lipinski definition) is 1. The summed E-state index contributed by atoms with van der Waals surface area (Å²) < 4.78 is 69.2. The zero-order valence-corrected chi connectivity index (χ0v) is 23.9. The molecule has 1 atom stereocenters. The molecule has 0 fully saturated rings. The topological polar surface area (TPSA) is 86.8 Å². The van der Waals surface area contributed by atoms with E-state index in [-0.39, 0.29) is 11.4 Å². The quantitative estimate of drug-likeness (QED) is 0.362. The first-order chi connectivity index (χ1) is 18.7. The molecule has 0 saturated heterocycles. The standard InChI is InChI=1S/C28H29ClF3N3O4S/c1-18-9-12-23(13-10-18)40(38,39)35(22-11-14-25(29)24(15-22)28(30,31)32)17-26(36)34(20(3)27(37)33-4)16-21-8-6-5-7-19(21)2/h5-15,20H,16-17H2,1-4H3,(H,33,37)/t20-/m0/s1. The molecule has 0 heterocycles. The summed E-state index contributed by atoms with van der Waals surface area (Å²) in [5, 5.41) is 1.85. The lowest BCUT2D eigenvalue weighted by Crippen LogP contribution is -2.50. The van der Waals surface area contributed by atoms with E-state index in [9.17, 15) is 31.2 Å². The zero-order valence-electron chi connectivity index (χ0n) is 22.3. The van der Waals surface area contributed by atoms with Crippen LogP contribution in [0.3, 0.4) is 0 Å². The SMILES string of the molecule is CNC(=O)[C@H](C)N(Cc1ccccc1C)C(=O)CN(c1ccc(Cl)c(C(F)(F)F)c1)S(=O)(=O)c1ccc(C)cc1. The molecule has 3 rings (SSSR count). The fourth-order valence-electron chi connectivity index (χ4n) is 4.01. The fourth-order valence-corrected chi connectivity index (χ4v) is 5.65. The zero-order chi connectivity index (χ0) is 29.8. The van der Waals surface area contributed by atoms with E-state index in [4.69, 9.17) is 11.6 Å². The van der Waals surface area contributed by atoms with Crippen molar-refractivity contribution in [1.29, 1.82) is 0 Å². The number of hydrogen-bond acceptors (Lipinski definition) is 4. The first-order valence-corrected chi connectivity index (χ1v) is 14.0. The minimum absolute atomic E-state index is 0.0348. The van der Waals surface area contributed by atoms with Crippen LogP contribution in [0.5, 0.6) is 0 Å². The summed E-state index contributed by atoms with van der Waals surface area (Å²) in [4.78, 5) is 27.3. The average molecular weight is 596 g/mol. The summed E-state index contributed by atoms with van der Waals surface area (Å²) in [7, 11) is -3.13. The van der Waals surface area contributed by atoms with E-state index in [1.165, 1.54) is 43.1 Å².